The second-order valence-corrected chi connectivity index (χ2v) is 4.33. The number of hydrogen-bond acceptors (Lipinski definition) is 5. The summed E-state index contributed by atoms with van der Waals surface area (Å²) in [6, 6.07) is 7.55. The van der Waals surface area contributed by atoms with Crippen molar-refractivity contribution in [3.05, 3.63) is 41.9 Å². The fourth-order valence-corrected chi connectivity index (χ4v) is 2.16. The van der Waals surface area contributed by atoms with Crippen molar-refractivity contribution >= 4 is 16.9 Å². The maximum absolute atomic E-state index is 12.0. The summed E-state index contributed by atoms with van der Waals surface area (Å²) in [5.74, 6) is -0.00439. The van der Waals surface area contributed by atoms with Gasteiger partial charge in [-0.3, -0.25) is 0 Å². The number of nitrogens with zero attached hydrogens (tertiary/aromatic N) is 1. The Morgan fingerprint density at radius 1 is 1.35 bits per heavy atom. The Morgan fingerprint density at radius 3 is 2.95 bits per heavy atom. The molecular formula is C15H13NO4. The van der Waals surface area contributed by atoms with E-state index in [-0.39, 0.29) is 0 Å². The highest BCUT2D eigenvalue weighted by molar-refractivity contribution is 6.02. The normalized spacial score (nSPS) is 10.9. The summed E-state index contributed by atoms with van der Waals surface area (Å²) in [5, 5.41) is 4.86. The lowest BCUT2D eigenvalue weighted by Crippen LogP contribution is -2.06. The Labute approximate surface area is 115 Å². The fourth-order valence-electron chi connectivity index (χ4n) is 2.16. The third-order valence-corrected chi connectivity index (χ3v) is 3.08. The minimum Gasteiger partial charge on any atom is -0.464 e. The van der Waals surface area contributed by atoms with Crippen LogP contribution in [0.2, 0.25) is 0 Å². The van der Waals surface area contributed by atoms with Crippen LogP contribution in [-0.4, -0.2) is 17.7 Å². The first kappa shape index (κ1) is 12.5. The Morgan fingerprint density at radius 2 is 2.15 bits per heavy atom. The second kappa shape index (κ2) is 4.85. The van der Waals surface area contributed by atoms with Crippen molar-refractivity contribution in [1.29, 1.82) is 0 Å². The molecule has 0 bridgehead atoms. The highest BCUT2D eigenvalue weighted by Crippen LogP contribution is 2.33. The molecule has 0 spiro atoms. The summed E-state index contributed by atoms with van der Waals surface area (Å²) in [4.78, 5) is 12.0. The molecule has 0 unspecified atom stereocenters. The van der Waals surface area contributed by atoms with Crippen LogP contribution in [0.15, 0.2) is 39.5 Å². The standard InChI is InChI=1S/C15H13NO4/c1-3-18-15(17)13-9(2)20-16-14(13)11-8-19-12-7-5-4-6-10(11)12/h4-8H,3H2,1-2H3. The van der Waals surface area contributed by atoms with Gasteiger partial charge >= 0.3 is 5.97 Å². The summed E-state index contributed by atoms with van der Waals surface area (Å²) in [6.07, 6.45) is 1.57. The first-order valence-corrected chi connectivity index (χ1v) is 6.32. The predicted molar refractivity (Wildman–Crippen MR) is 72.4 cm³/mol. The van der Waals surface area contributed by atoms with Gasteiger partial charge in [-0.25, -0.2) is 4.79 Å². The molecule has 3 rings (SSSR count). The van der Waals surface area contributed by atoms with E-state index in [1.165, 1.54) is 0 Å². The van der Waals surface area contributed by atoms with Crippen molar-refractivity contribution in [2.24, 2.45) is 0 Å². The molecule has 3 aromatic rings. The smallest absolute Gasteiger partial charge is 0.344 e. The number of aryl methyl sites for hydroxylation is 1. The summed E-state index contributed by atoms with van der Waals surface area (Å²) in [6.45, 7) is 3.74. The minimum absolute atomic E-state index is 0.301. The zero-order valence-corrected chi connectivity index (χ0v) is 11.2. The molecule has 0 aliphatic rings. The molecule has 0 saturated heterocycles. The van der Waals surface area contributed by atoms with E-state index in [2.05, 4.69) is 5.16 Å². The monoisotopic (exact) mass is 271 g/mol. The largest absolute Gasteiger partial charge is 0.464 e. The topological polar surface area (TPSA) is 65.5 Å². The molecule has 0 aliphatic carbocycles. The van der Waals surface area contributed by atoms with Crippen molar-refractivity contribution in [2.75, 3.05) is 6.61 Å². The van der Waals surface area contributed by atoms with E-state index in [9.17, 15) is 4.79 Å². The van der Waals surface area contributed by atoms with Gasteiger partial charge in [0.15, 0.2) is 0 Å². The van der Waals surface area contributed by atoms with Crippen LogP contribution in [0.3, 0.4) is 0 Å². The molecule has 0 atom stereocenters. The Balaban J connectivity index is 2.18. The summed E-state index contributed by atoms with van der Waals surface area (Å²) in [7, 11) is 0. The summed E-state index contributed by atoms with van der Waals surface area (Å²) < 4.78 is 15.7. The molecule has 2 heterocycles. The van der Waals surface area contributed by atoms with Crippen LogP contribution in [0.5, 0.6) is 0 Å². The molecule has 5 heteroatoms. The zero-order chi connectivity index (χ0) is 14.1. The summed E-state index contributed by atoms with van der Waals surface area (Å²) in [5.41, 5.74) is 2.25. The first-order chi connectivity index (χ1) is 9.72. The van der Waals surface area contributed by atoms with Gasteiger partial charge in [-0.15, -0.1) is 0 Å². The number of fused-ring (bicyclic) bond motifs is 1. The van der Waals surface area contributed by atoms with E-state index in [1.54, 1.807) is 20.1 Å². The van der Waals surface area contributed by atoms with Gasteiger partial charge in [-0.1, -0.05) is 23.4 Å². The molecule has 0 amide bonds. The van der Waals surface area contributed by atoms with Gasteiger partial charge in [0.1, 0.15) is 28.9 Å². The van der Waals surface area contributed by atoms with Crippen LogP contribution in [0.1, 0.15) is 23.0 Å². The van der Waals surface area contributed by atoms with Crippen LogP contribution >= 0.6 is 0 Å². The van der Waals surface area contributed by atoms with Gasteiger partial charge in [-0.2, -0.15) is 0 Å². The molecule has 0 radical (unpaired) electrons. The third kappa shape index (κ3) is 1.87. The van der Waals surface area contributed by atoms with Crippen molar-refractivity contribution in [2.45, 2.75) is 13.8 Å². The van der Waals surface area contributed by atoms with Gasteiger partial charge in [0, 0.05) is 5.39 Å². The lowest BCUT2D eigenvalue weighted by atomic mass is 10.1. The molecule has 20 heavy (non-hydrogen) atoms. The Bertz CT molecular complexity index is 769. The minimum atomic E-state index is -0.438. The number of esters is 1. The number of para-hydroxylation sites is 1. The molecule has 2 aromatic heterocycles. The van der Waals surface area contributed by atoms with Gasteiger partial charge in [0.25, 0.3) is 0 Å². The number of benzene rings is 1. The van der Waals surface area contributed by atoms with E-state index in [0.717, 1.165) is 16.5 Å². The SMILES string of the molecule is CCOC(=O)c1c(-c2coc3ccccc23)noc1C. The van der Waals surface area contributed by atoms with E-state index >= 15 is 0 Å². The number of furan rings is 1. The molecule has 1 aromatic carbocycles. The quantitative estimate of drug-likeness (QED) is 0.681. The number of ether oxygens (including phenoxy) is 1. The average Bonchev–Trinajstić information content (AvgIpc) is 3.02. The second-order valence-electron chi connectivity index (χ2n) is 4.33. The average molecular weight is 271 g/mol. The number of aromatic nitrogens is 1. The highest BCUT2D eigenvalue weighted by atomic mass is 16.5. The van der Waals surface area contributed by atoms with E-state index in [0.29, 0.717) is 23.6 Å². The zero-order valence-electron chi connectivity index (χ0n) is 11.2. The van der Waals surface area contributed by atoms with Crippen molar-refractivity contribution < 1.29 is 18.5 Å². The van der Waals surface area contributed by atoms with Crippen LogP contribution in [0, 0.1) is 6.92 Å². The van der Waals surface area contributed by atoms with Gasteiger partial charge < -0.3 is 13.7 Å². The molecule has 0 aliphatic heterocycles. The number of carbonyl (C=O) groups is 1. The van der Waals surface area contributed by atoms with Crippen LogP contribution in [0.25, 0.3) is 22.2 Å². The van der Waals surface area contributed by atoms with Gasteiger partial charge in [0.05, 0.1) is 12.2 Å². The van der Waals surface area contributed by atoms with E-state index in [1.807, 2.05) is 24.3 Å². The predicted octanol–water partition coefficient (Wildman–Crippen LogP) is 3.57. The van der Waals surface area contributed by atoms with E-state index < -0.39 is 5.97 Å². The van der Waals surface area contributed by atoms with Crippen LogP contribution in [0.4, 0.5) is 0 Å². The highest BCUT2D eigenvalue weighted by Gasteiger charge is 2.24. The molecule has 0 fully saturated rings. The number of hydrogen-bond donors (Lipinski definition) is 0. The maximum atomic E-state index is 12.0. The fraction of sp³-hybridized carbons (Fsp3) is 0.200. The van der Waals surface area contributed by atoms with E-state index in [4.69, 9.17) is 13.7 Å². The lowest BCUT2D eigenvalue weighted by molar-refractivity contribution is 0.0525. The third-order valence-electron chi connectivity index (χ3n) is 3.08. The first-order valence-electron chi connectivity index (χ1n) is 6.32. The summed E-state index contributed by atoms with van der Waals surface area (Å²) >= 11 is 0. The molecule has 0 N–H and O–H groups in total. The van der Waals surface area contributed by atoms with Crippen LogP contribution in [-0.2, 0) is 4.74 Å². The molecule has 0 saturated carbocycles. The number of rotatable bonds is 3. The Hall–Kier alpha value is -2.56. The van der Waals surface area contributed by atoms with Gasteiger partial charge in [0.2, 0.25) is 0 Å². The van der Waals surface area contributed by atoms with Crippen LogP contribution < -0.4 is 0 Å². The van der Waals surface area contributed by atoms with Crippen molar-refractivity contribution in [1.82, 2.24) is 5.16 Å². The Kier molecular flexibility index (Phi) is 3.02. The lowest BCUT2D eigenvalue weighted by Gasteiger charge is -2.01. The molecule has 5 nitrogen and oxygen atoms in total. The van der Waals surface area contributed by atoms with Crippen molar-refractivity contribution in [3.8, 4) is 11.3 Å². The number of carbonyl (C=O) groups excluding carboxylic acids is 1. The molecule has 102 valence electrons. The van der Waals surface area contributed by atoms with Gasteiger partial charge in [-0.05, 0) is 19.9 Å². The van der Waals surface area contributed by atoms with Crippen molar-refractivity contribution in [3.63, 3.8) is 0 Å². The molecular weight excluding hydrogens is 258 g/mol. The maximum Gasteiger partial charge on any atom is 0.344 e.